The standard InChI is InChI=1S/C35H34N2O/c1-21-8-17-27-29(19-21)35(6,7)30-20-22(2)18-28(31(27)30)23-9-11-24(12-10-23)32-36-37-33(38-32)25-13-15-26(16-14-25)34(3,4)5/h8-20H,1-7H3. The molecule has 3 heteroatoms. The zero-order valence-corrected chi connectivity index (χ0v) is 23.3. The van der Waals surface area contributed by atoms with Crippen LogP contribution in [0.15, 0.2) is 83.3 Å². The Labute approximate surface area is 225 Å². The fourth-order valence-electron chi connectivity index (χ4n) is 5.70. The highest BCUT2D eigenvalue weighted by molar-refractivity contribution is 5.93. The predicted molar refractivity (Wildman–Crippen MR) is 156 cm³/mol. The lowest BCUT2D eigenvalue weighted by molar-refractivity contribution is 0.582. The van der Waals surface area contributed by atoms with Crippen molar-refractivity contribution in [3.05, 3.63) is 107 Å². The quantitative estimate of drug-likeness (QED) is 0.249. The van der Waals surface area contributed by atoms with Crippen LogP contribution in [0.1, 0.15) is 62.4 Å². The van der Waals surface area contributed by atoms with Crippen molar-refractivity contribution in [2.24, 2.45) is 0 Å². The average molecular weight is 499 g/mol. The van der Waals surface area contributed by atoms with Crippen LogP contribution in [-0.2, 0) is 10.8 Å². The molecular formula is C35H34N2O. The molecule has 0 saturated carbocycles. The first-order valence-corrected chi connectivity index (χ1v) is 13.3. The van der Waals surface area contributed by atoms with Crippen LogP contribution in [0.3, 0.4) is 0 Å². The molecule has 5 aromatic rings. The van der Waals surface area contributed by atoms with Crippen molar-refractivity contribution in [2.75, 3.05) is 0 Å². The van der Waals surface area contributed by atoms with E-state index in [1.807, 2.05) is 0 Å². The lowest BCUT2D eigenvalue weighted by Crippen LogP contribution is -2.15. The topological polar surface area (TPSA) is 38.9 Å². The normalized spacial score (nSPS) is 13.9. The van der Waals surface area contributed by atoms with E-state index in [9.17, 15) is 0 Å². The Kier molecular flexibility index (Phi) is 5.47. The zero-order valence-electron chi connectivity index (χ0n) is 23.3. The summed E-state index contributed by atoms with van der Waals surface area (Å²) in [6.07, 6.45) is 0. The first kappa shape index (κ1) is 24.4. The number of benzene rings is 4. The van der Waals surface area contributed by atoms with Crippen LogP contribution in [0, 0.1) is 13.8 Å². The van der Waals surface area contributed by atoms with Gasteiger partial charge in [-0.2, -0.15) is 0 Å². The summed E-state index contributed by atoms with van der Waals surface area (Å²) in [5.41, 5.74) is 13.7. The second-order valence-electron chi connectivity index (χ2n) is 12.2. The smallest absolute Gasteiger partial charge is 0.248 e. The van der Waals surface area contributed by atoms with E-state index in [2.05, 4.69) is 138 Å². The van der Waals surface area contributed by atoms with Crippen molar-refractivity contribution >= 4 is 0 Å². The Morgan fingerprint density at radius 1 is 0.605 bits per heavy atom. The minimum atomic E-state index is -0.0252. The van der Waals surface area contributed by atoms with Crippen LogP contribution in [0.2, 0.25) is 0 Å². The second-order valence-corrected chi connectivity index (χ2v) is 12.2. The van der Waals surface area contributed by atoms with Crippen molar-refractivity contribution < 1.29 is 4.42 Å². The van der Waals surface area contributed by atoms with Gasteiger partial charge in [-0.05, 0) is 82.5 Å². The van der Waals surface area contributed by atoms with Gasteiger partial charge in [0.1, 0.15) is 0 Å². The Morgan fingerprint density at radius 2 is 1.16 bits per heavy atom. The van der Waals surface area contributed by atoms with Gasteiger partial charge in [-0.25, -0.2) is 0 Å². The van der Waals surface area contributed by atoms with E-state index in [-0.39, 0.29) is 10.8 Å². The van der Waals surface area contributed by atoms with Gasteiger partial charge in [-0.3, -0.25) is 0 Å². The highest BCUT2D eigenvalue weighted by Gasteiger charge is 2.37. The number of aryl methyl sites for hydroxylation is 2. The van der Waals surface area contributed by atoms with E-state index < -0.39 is 0 Å². The van der Waals surface area contributed by atoms with Crippen LogP contribution < -0.4 is 0 Å². The number of fused-ring (bicyclic) bond motifs is 3. The molecule has 0 bridgehead atoms. The zero-order chi connectivity index (χ0) is 26.8. The molecule has 0 unspecified atom stereocenters. The summed E-state index contributed by atoms with van der Waals surface area (Å²) in [6.45, 7) is 15.7. The van der Waals surface area contributed by atoms with Gasteiger partial charge in [0.2, 0.25) is 11.8 Å². The van der Waals surface area contributed by atoms with Crippen molar-refractivity contribution in [3.63, 3.8) is 0 Å². The minimum Gasteiger partial charge on any atom is -0.416 e. The molecule has 190 valence electrons. The third-order valence-electron chi connectivity index (χ3n) is 7.94. The van der Waals surface area contributed by atoms with Gasteiger partial charge in [0, 0.05) is 16.5 Å². The highest BCUT2D eigenvalue weighted by atomic mass is 16.4. The molecule has 0 amide bonds. The molecule has 0 aliphatic heterocycles. The molecule has 6 rings (SSSR count). The lowest BCUT2D eigenvalue weighted by atomic mass is 9.81. The Bertz CT molecular complexity index is 1660. The van der Waals surface area contributed by atoms with Crippen LogP contribution in [0.4, 0.5) is 0 Å². The molecule has 0 atom stereocenters. The van der Waals surface area contributed by atoms with Gasteiger partial charge in [0.05, 0.1) is 0 Å². The summed E-state index contributed by atoms with van der Waals surface area (Å²) in [5, 5.41) is 8.67. The summed E-state index contributed by atoms with van der Waals surface area (Å²) in [5.74, 6) is 1.07. The molecule has 4 aromatic carbocycles. The average Bonchev–Trinajstić information content (AvgIpc) is 3.46. The molecule has 38 heavy (non-hydrogen) atoms. The number of hydrogen-bond donors (Lipinski definition) is 0. The van der Waals surface area contributed by atoms with E-state index in [4.69, 9.17) is 4.42 Å². The van der Waals surface area contributed by atoms with Crippen molar-refractivity contribution in [3.8, 4) is 45.2 Å². The monoisotopic (exact) mass is 498 g/mol. The third kappa shape index (κ3) is 3.98. The SMILES string of the molecule is Cc1ccc2c(c1)C(C)(C)c1cc(C)cc(-c3ccc(-c4nnc(-c5ccc(C(C)(C)C)cc5)o4)cc3)c1-2. The van der Waals surface area contributed by atoms with Gasteiger partial charge in [0.25, 0.3) is 0 Å². The summed E-state index contributed by atoms with van der Waals surface area (Å²) < 4.78 is 6.08. The maximum atomic E-state index is 6.08. The molecule has 0 spiro atoms. The number of nitrogens with zero attached hydrogens (tertiary/aromatic N) is 2. The fourth-order valence-corrected chi connectivity index (χ4v) is 5.70. The molecule has 0 radical (unpaired) electrons. The number of aromatic nitrogens is 2. The molecule has 1 aliphatic carbocycles. The maximum Gasteiger partial charge on any atom is 0.248 e. The minimum absolute atomic E-state index is 0.0252. The summed E-state index contributed by atoms with van der Waals surface area (Å²) >= 11 is 0. The van der Waals surface area contributed by atoms with E-state index in [1.54, 1.807) is 0 Å². The van der Waals surface area contributed by atoms with Gasteiger partial charge >= 0.3 is 0 Å². The number of hydrogen-bond acceptors (Lipinski definition) is 3. The summed E-state index contributed by atoms with van der Waals surface area (Å²) in [7, 11) is 0. The molecular weight excluding hydrogens is 464 g/mol. The molecule has 1 aliphatic rings. The predicted octanol–water partition coefficient (Wildman–Crippen LogP) is 9.29. The first-order valence-electron chi connectivity index (χ1n) is 13.3. The molecule has 3 nitrogen and oxygen atoms in total. The van der Waals surface area contributed by atoms with E-state index >= 15 is 0 Å². The van der Waals surface area contributed by atoms with Gasteiger partial charge < -0.3 is 4.42 Å². The van der Waals surface area contributed by atoms with E-state index in [0.29, 0.717) is 11.8 Å². The highest BCUT2D eigenvalue weighted by Crippen LogP contribution is 2.52. The van der Waals surface area contributed by atoms with Gasteiger partial charge in [-0.1, -0.05) is 100 Å². The molecule has 1 aromatic heterocycles. The van der Waals surface area contributed by atoms with Crippen LogP contribution in [0.5, 0.6) is 0 Å². The van der Waals surface area contributed by atoms with Crippen LogP contribution >= 0.6 is 0 Å². The Balaban J connectivity index is 1.35. The molecule has 1 heterocycles. The number of rotatable bonds is 3. The lowest BCUT2D eigenvalue weighted by Gasteiger charge is -2.22. The van der Waals surface area contributed by atoms with Crippen LogP contribution in [0.25, 0.3) is 45.2 Å². The van der Waals surface area contributed by atoms with E-state index in [1.165, 1.54) is 50.1 Å². The van der Waals surface area contributed by atoms with Crippen LogP contribution in [-0.4, -0.2) is 10.2 Å². The van der Waals surface area contributed by atoms with E-state index in [0.717, 1.165) is 11.1 Å². The van der Waals surface area contributed by atoms with Gasteiger partial charge in [-0.15, -0.1) is 10.2 Å². The van der Waals surface area contributed by atoms with Crippen molar-refractivity contribution in [2.45, 2.75) is 59.3 Å². The summed E-state index contributed by atoms with van der Waals surface area (Å²) in [6, 6.07) is 28.4. The molecule has 0 N–H and O–H groups in total. The summed E-state index contributed by atoms with van der Waals surface area (Å²) in [4.78, 5) is 0. The molecule has 0 fully saturated rings. The van der Waals surface area contributed by atoms with Crippen molar-refractivity contribution in [1.29, 1.82) is 0 Å². The Hall–Kier alpha value is -3.98. The second kappa shape index (κ2) is 8.52. The largest absolute Gasteiger partial charge is 0.416 e. The first-order chi connectivity index (χ1) is 18.0. The van der Waals surface area contributed by atoms with Gasteiger partial charge in [0.15, 0.2) is 0 Å². The maximum absolute atomic E-state index is 6.08. The van der Waals surface area contributed by atoms with Crippen molar-refractivity contribution in [1.82, 2.24) is 10.2 Å². The molecule has 0 saturated heterocycles. The Morgan fingerprint density at radius 3 is 1.76 bits per heavy atom. The fraction of sp³-hybridized carbons (Fsp3) is 0.257. The third-order valence-corrected chi connectivity index (χ3v) is 7.94.